The number of methoxy groups -OCH3 is 1. The number of thiol groups is 1. The summed E-state index contributed by atoms with van der Waals surface area (Å²) in [4.78, 5) is 8.86. The Morgan fingerprint density at radius 3 is 2.81 bits per heavy atom. The summed E-state index contributed by atoms with van der Waals surface area (Å²) in [6, 6.07) is 7.53. The second-order valence-electron chi connectivity index (χ2n) is 6.34. The van der Waals surface area contributed by atoms with Crippen molar-refractivity contribution in [3.05, 3.63) is 48.7 Å². The van der Waals surface area contributed by atoms with E-state index in [1.165, 1.54) is 0 Å². The molecule has 1 aliphatic carbocycles. The molecule has 134 valence electrons. The van der Waals surface area contributed by atoms with Crippen molar-refractivity contribution in [2.45, 2.75) is 18.3 Å². The number of rotatable bonds is 5. The summed E-state index contributed by atoms with van der Waals surface area (Å²) in [6.07, 6.45) is 7.54. The Bertz CT molecular complexity index is 975. The maximum atomic E-state index is 11.0. The van der Waals surface area contributed by atoms with Gasteiger partial charge < -0.3 is 9.84 Å². The molecule has 5 rings (SSSR count). The van der Waals surface area contributed by atoms with Crippen molar-refractivity contribution in [1.82, 2.24) is 24.0 Å². The quantitative estimate of drug-likeness (QED) is 0.673. The minimum Gasteiger partial charge on any atom is -0.497 e. The predicted octanol–water partition coefficient (Wildman–Crippen LogP) is 2.38. The number of aliphatic hydroxyl groups is 1. The van der Waals surface area contributed by atoms with Gasteiger partial charge in [0.15, 0.2) is 5.82 Å². The van der Waals surface area contributed by atoms with Crippen LogP contribution in [0.5, 0.6) is 5.75 Å². The Hall–Kier alpha value is -2.65. The van der Waals surface area contributed by atoms with E-state index in [-0.39, 0.29) is 0 Å². The summed E-state index contributed by atoms with van der Waals surface area (Å²) < 4.78 is 8.82. The standard InChI is InChI=1S/C17H18N6O2S/c1-25-13-6-4-12(5-7-13)22-9-14(20-21-22)17(24)26-16(11-2-3-11)19-15-8-18-10-23(15)26/h4-11,17,24,26H,2-3H2,1H3. The summed E-state index contributed by atoms with van der Waals surface area (Å²) in [5.41, 5.74) is 0.643. The van der Waals surface area contributed by atoms with Gasteiger partial charge in [0.25, 0.3) is 0 Å². The number of hydrogen-bond acceptors (Lipinski definition) is 6. The van der Waals surface area contributed by atoms with Crippen LogP contribution < -0.4 is 4.74 Å². The maximum absolute atomic E-state index is 11.0. The molecular formula is C17H18N6O2S. The Balaban J connectivity index is 1.45. The van der Waals surface area contributed by atoms with E-state index in [0.717, 1.165) is 35.1 Å². The predicted molar refractivity (Wildman–Crippen MR) is 99.3 cm³/mol. The summed E-state index contributed by atoms with van der Waals surface area (Å²) in [5, 5.41) is 20.5. The second-order valence-corrected chi connectivity index (χ2v) is 8.41. The van der Waals surface area contributed by atoms with E-state index in [1.54, 1.807) is 30.5 Å². The van der Waals surface area contributed by atoms with Crippen LogP contribution in [-0.4, -0.2) is 41.2 Å². The molecule has 0 amide bonds. The molecule has 3 heterocycles. The lowest BCUT2D eigenvalue weighted by Crippen LogP contribution is -2.12. The van der Waals surface area contributed by atoms with Gasteiger partial charge in [0, 0.05) is 5.92 Å². The van der Waals surface area contributed by atoms with E-state index in [1.807, 2.05) is 28.2 Å². The van der Waals surface area contributed by atoms with Crippen LogP contribution in [0, 0.1) is 5.92 Å². The minimum absolute atomic E-state index is 0.479. The summed E-state index contributed by atoms with van der Waals surface area (Å²) in [6.45, 7) is 0. The molecule has 1 N–H and O–H groups in total. The van der Waals surface area contributed by atoms with Gasteiger partial charge in [-0.25, -0.2) is 14.7 Å². The molecule has 2 unspecified atom stereocenters. The fourth-order valence-electron chi connectivity index (χ4n) is 3.05. The molecule has 3 aromatic rings. The van der Waals surface area contributed by atoms with Crippen molar-refractivity contribution in [3.8, 4) is 11.4 Å². The number of fused-ring (bicyclic) bond motifs is 1. The third-order valence-electron chi connectivity index (χ3n) is 4.58. The van der Waals surface area contributed by atoms with Gasteiger partial charge in [-0.15, -0.1) is 5.10 Å². The van der Waals surface area contributed by atoms with E-state index in [0.29, 0.717) is 11.6 Å². The average molecular weight is 370 g/mol. The first-order valence-corrected chi connectivity index (χ1v) is 9.76. The molecule has 2 aliphatic rings. The lowest BCUT2D eigenvalue weighted by molar-refractivity contribution is 0.263. The molecule has 1 saturated carbocycles. The molecule has 1 aliphatic heterocycles. The Morgan fingerprint density at radius 1 is 1.27 bits per heavy atom. The van der Waals surface area contributed by atoms with Crippen LogP contribution in [0.1, 0.15) is 24.0 Å². The molecular weight excluding hydrogens is 352 g/mol. The number of ether oxygens (including phenoxy) is 1. The number of aliphatic imine (C=N–C) groups is 1. The van der Waals surface area contributed by atoms with Gasteiger partial charge in [-0.3, -0.25) is 3.97 Å². The fraction of sp³-hybridized carbons (Fsp3) is 0.294. The van der Waals surface area contributed by atoms with Crippen molar-refractivity contribution in [2.24, 2.45) is 10.9 Å². The lowest BCUT2D eigenvalue weighted by atomic mass is 10.3. The van der Waals surface area contributed by atoms with Gasteiger partial charge in [0.05, 0.1) is 30.2 Å². The SMILES string of the molecule is COc1ccc(-n2cc(C(O)[SH]3C(C4CC4)=Nc4cncn43)nn2)cc1. The summed E-state index contributed by atoms with van der Waals surface area (Å²) in [5.74, 6) is 2.08. The third kappa shape index (κ3) is 2.51. The van der Waals surface area contributed by atoms with Crippen LogP contribution in [0.2, 0.25) is 0 Å². The molecule has 8 nitrogen and oxygen atoms in total. The number of benzene rings is 1. The monoisotopic (exact) mass is 370 g/mol. The van der Waals surface area contributed by atoms with Crippen LogP contribution >= 0.6 is 11.1 Å². The first-order valence-electron chi connectivity index (χ1n) is 8.40. The first kappa shape index (κ1) is 15.6. The molecule has 1 fully saturated rings. The molecule has 0 saturated heterocycles. The van der Waals surface area contributed by atoms with Gasteiger partial charge in [-0.05, 0) is 37.1 Å². The summed E-state index contributed by atoms with van der Waals surface area (Å²) >= 11 is -1.04. The Labute approximate surface area is 152 Å². The topological polar surface area (TPSA) is 90.3 Å². The van der Waals surface area contributed by atoms with Crippen LogP contribution in [0.4, 0.5) is 5.82 Å². The zero-order valence-corrected chi connectivity index (χ0v) is 15.0. The van der Waals surface area contributed by atoms with E-state index in [4.69, 9.17) is 9.73 Å². The number of nitrogens with zero attached hydrogens (tertiary/aromatic N) is 6. The van der Waals surface area contributed by atoms with E-state index >= 15 is 0 Å². The lowest BCUT2D eigenvalue weighted by Gasteiger charge is -2.24. The van der Waals surface area contributed by atoms with Crippen molar-refractivity contribution >= 4 is 21.9 Å². The van der Waals surface area contributed by atoms with Crippen molar-refractivity contribution in [2.75, 3.05) is 7.11 Å². The van der Waals surface area contributed by atoms with Crippen LogP contribution in [0.25, 0.3) is 5.69 Å². The number of aliphatic hydroxyl groups excluding tert-OH is 1. The largest absolute Gasteiger partial charge is 0.497 e. The van der Waals surface area contributed by atoms with Gasteiger partial charge in [-0.1, -0.05) is 16.3 Å². The highest BCUT2D eigenvalue weighted by Crippen LogP contribution is 2.55. The van der Waals surface area contributed by atoms with E-state index < -0.39 is 16.5 Å². The third-order valence-corrected chi connectivity index (χ3v) is 7.02. The van der Waals surface area contributed by atoms with Crippen molar-refractivity contribution < 1.29 is 9.84 Å². The highest BCUT2D eigenvalue weighted by Gasteiger charge is 2.40. The first-order chi connectivity index (χ1) is 12.7. The van der Waals surface area contributed by atoms with Crippen LogP contribution in [-0.2, 0) is 0 Å². The molecule has 9 heteroatoms. The second kappa shape index (κ2) is 5.96. The highest BCUT2D eigenvalue weighted by molar-refractivity contribution is 8.29. The minimum atomic E-state index is -1.04. The smallest absolute Gasteiger partial charge is 0.162 e. The average Bonchev–Trinajstić information content (AvgIpc) is 3.09. The number of imidazole rings is 1. The fourth-order valence-corrected chi connectivity index (χ4v) is 5.45. The van der Waals surface area contributed by atoms with Gasteiger partial charge in [-0.2, -0.15) is 0 Å². The van der Waals surface area contributed by atoms with Gasteiger partial charge in [0.1, 0.15) is 23.2 Å². The molecule has 1 aromatic carbocycles. The van der Waals surface area contributed by atoms with E-state index in [9.17, 15) is 5.11 Å². The highest BCUT2D eigenvalue weighted by atomic mass is 32.2. The maximum Gasteiger partial charge on any atom is 0.162 e. The van der Waals surface area contributed by atoms with Crippen LogP contribution in [0.3, 0.4) is 0 Å². The van der Waals surface area contributed by atoms with Gasteiger partial charge in [0.2, 0.25) is 0 Å². The Kier molecular flexibility index (Phi) is 3.57. The van der Waals surface area contributed by atoms with Crippen LogP contribution in [0.15, 0.2) is 48.0 Å². The molecule has 0 bridgehead atoms. The van der Waals surface area contributed by atoms with Crippen molar-refractivity contribution in [1.29, 1.82) is 0 Å². The molecule has 2 atom stereocenters. The van der Waals surface area contributed by atoms with E-state index in [2.05, 4.69) is 15.3 Å². The Morgan fingerprint density at radius 2 is 2.08 bits per heavy atom. The molecule has 2 aromatic heterocycles. The molecule has 0 radical (unpaired) electrons. The number of hydrogen-bond donors (Lipinski definition) is 2. The molecule has 0 spiro atoms. The number of aromatic nitrogens is 5. The zero-order chi connectivity index (χ0) is 17.7. The van der Waals surface area contributed by atoms with Gasteiger partial charge >= 0.3 is 0 Å². The molecule has 26 heavy (non-hydrogen) atoms. The normalized spacial score (nSPS) is 21.3. The summed E-state index contributed by atoms with van der Waals surface area (Å²) in [7, 11) is 1.63. The van der Waals surface area contributed by atoms with Crippen molar-refractivity contribution in [3.63, 3.8) is 0 Å². The zero-order valence-electron chi connectivity index (χ0n) is 14.1.